The SMILES string of the molecule is CC(O)C(=O)[O-].CC(O)C(=O)[O-].[NH4+].[NH4+].[OH-].[OH-].[OH-].[OH-].[Ti+4]. The zero-order valence-electron chi connectivity index (χ0n) is 11.0. The first-order chi connectivity index (χ1) is 5.29. The van der Waals surface area contributed by atoms with E-state index in [-0.39, 0.29) is 55.9 Å². The Kier molecular flexibility index (Phi) is 120. The second-order valence-electron chi connectivity index (χ2n) is 1.99. The third-order valence-electron chi connectivity index (χ3n) is 0.682. The average Bonchev–Trinajstić information content (AvgIpc) is 1.88. The first-order valence-electron chi connectivity index (χ1n) is 3.06. The van der Waals surface area contributed by atoms with Gasteiger partial charge in [0.15, 0.2) is 0 Å². The van der Waals surface area contributed by atoms with Crippen LogP contribution in [0.1, 0.15) is 13.8 Å². The van der Waals surface area contributed by atoms with E-state index in [1.54, 1.807) is 0 Å². The number of quaternary nitrogens is 2. The molecule has 13 heteroatoms. The smallest absolute Gasteiger partial charge is 0.870 e. The van der Waals surface area contributed by atoms with Crippen molar-refractivity contribution in [3.05, 3.63) is 0 Å². The first kappa shape index (κ1) is 63.2. The summed E-state index contributed by atoms with van der Waals surface area (Å²) in [7, 11) is 0. The van der Waals surface area contributed by atoms with Gasteiger partial charge in [-0.3, -0.25) is 0 Å². The summed E-state index contributed by atoms with van der Waals surface area (Å²) in [5, 5.41) is 34.6. The van der Waals surface area contributed by atoms with Crippen LogP contribution in [0.2, 0.25) is 0 Å². The molecule has 0 amide bonds. The second-order valence-corrected chi connectivity index (χ2v) is 1.99. The summed E-state index contributed by atoms with van der Waals surface area (Å²) in [6.07, 6.45) is -2.69. The number of carbonyl (C=O) groups is 2. The molecule has 0 aromatic carbocycles. The molecule has 2 unspecified atom stereocenters. The molecule has 120 valence electrons. The van der Waals surface area contributed by atoms with E-state index in [9.17, 15) is 19.8 Å². The second kappa shape index (κ2) is 36.0. The quantitative estimate of drug-likeness (QED) is 0.358. The molecule has 14 N–H and O–H groups in total. The summed E-state index contributed by atoms with van der Waals surface area (Å²) in [5.41, 5.74) is 0. The van der Waals surface area contributed by atoms with Gasteiger partial charge in [-0.2, -0.15) is 0 Å². The fraction of sp³-hybridized carbons (Fsp3) is 0.667. The van der Waals surface area contributed by atoms with Crippen molar-refractivity contribution >= 4 is 11.9 Å². The minimum atomic E-state index is -1.44. The molecule has 12 nitrogen and oxygen atoms in total. The summed E-state index contributed by atoms with van der Waals surface area (Å²) in [6, 6.07) is 0. The predicted molar refractivity (Wildman–Crippen MR) is 53.1 cm³/mol. The molecule has 0 fully saturated rings. The van der Waals surface area contributed by atoms with Gasteiger partial charge >= 0.3 is 21.7 Å². The Labute approximate surface area is 124 Å². The van der Waals surface area contributed by atoms with E-state index in [2.05, 4.69) is 0 Å². The van der Waals surface area contributed by atoms with Crippen molar-refractivity contribution < 1.29 is 73.6 Å². The fourth-order valence-corrected chi connectivity index (χ4v) is 0. The summed E-state index contributed by atoms with van der Waals surface area (Å²) in [6.45, 7) is 2.27. The van der Waals surface area contributed by atoms with Crippen molar-refractivity contribution in [2.45, 2.75) is 26.1 Å². The van der Waals surface area contributed by atoms with Crippen LogP contribution in [0.4, 0.5) is 0 Å². The van der Waals surface area contributed by atoms with E-state index < -0.39 is 24.1 Å². The molecule has 19 heavy (non-hydrogen) atoms. The molecule has 0 aliphatic carbocycles. The number of carboxylic acid groups (broad SMARTS) is 2. The molecule has 0 saturated heterocycles. The van der Waals surface area contributed by atoms with E-state index in [0.29, 0.717) is 0 Å². The van der Waals surface area contributed by atoms with Crippen molar-refractivity contribution in [2.75, 3.05) is 0 Å². The van der Waals surface area contributed by atoms with E-state index in [1.807, 2.05) is 0 Å². The summed E-state index contributed by atoms with van der Waals surface area (Å²) in [5.74, 6) is -2.87. The van der Waals surface area contributed by atoms with Gasteiger partial charge < -0.3 is 64.2 Å². The van der Waals surface area contributed by atoms with Gasteiger partial charge in [-0.05, 0) is 13.8 Å². The van der Waals surface area contributed by atoms with Crippen molar-refractivity contribution in [2.24, 2.45) is 0 Å². The molecule has 0 aromatic rings. The van der Waals surface area contributed by atoms with Gasteiger partial charge in [0.1, 0.15) is 0 Å². The van der Waals surface area contributed by atoms with Gasteiger partial charge in [-0.1, -0.05) is 0 Å². The minimum Gasteiger partial charge on any atom is -0.870 e. The molecule has 0 aliphatic rings. The fourth-order valence-electron chi connectivity index (χ4n) is 0. The number of rotatable bonds is 2. The van der Waals surface area contributed by atoms with Gasteiger partial charge in [0, 0.05) is 0 Å². The molecule has 0 spiro atoms. The van der Waals surface area contributed by atoms with E-state index >= 15 is 0 Å². The number of hydrogen-bond donors (Lipinski definition) is 4. The van der Waals surface area contributed by atoms with Gasteiger partial charge in [0.25, 0.3) is 0 Å². The van der Waals surface area contributed by atoms with E-state index in [1.165, 1.54) is 0 Å². The Hall–Kier alpha value is -0.666. The third kappa shape index (κ3) is 75.8. The molecular weight excluding hydrogens is 308 g/mol. The molecule has 2 atom stereocenters. The van der Waals surface area contributed by atoms with Crippen molar-refractivity contribution in [1.82, 2.24) is 12.3 Å². The molecule has 0 aliphatic heterocycles. The largest absolute Gasteiger partial charge is 4.00 e. The zero-order chi connectivity index (χ0) is 10.3. The first-order valence-corrected chi connectivity index (χ1v) is 3.06. The van der Waals surface area contributed by atoms with Crippen LogP contribution in [0, 0.1) is 0 Å². The monoisotopic (exact) mass is 330 g/mol. The molecule has 0 rings (SSSR count). The van der Waals surface area contributed by atoms with Crippen LogP contribution >= 0.6 is 0 Å². The van der Waals surface area contributed by atoms with Crippen LogP contribution in [0.15, 0.2) is 0 Å². The summed E-state index contributed by atoms with van der Waals surface area (Å²) >= 11 is 0. The Morgan fingerprint density at radius 2 is 0.842 bits per heavy atom. The standard InChI is InChI=1S/2C3H6O3.2H3N.4H2O.Ti/c2*1-2(4)3(5)6;;;;;;;/h2*2,4H,1H3,(H,5,6);2*1H3;4*1H2;/q;;;;;;;;+4/p-4. The number of carboxylic acids is 2. The Morgan fingerprint density at radius 3 is 0.842 bits per heavy atom. The number of hydrogen-bond acceptors (Lipinski definition) is 10. The number of aliphatic carboxylic acids is 2. The van der Waals surface area contributed by atoms with Gasteiger partial charge in [-0.15, -0.1) is 0 Å². The number of aliphatic hydroxyl groups is 2. The normalized spacial score (nSPS) is 8.63. The molecule has 0 radical (unpaired) electrons. The van der Waals surface area contributed by atoms with Gasteiger partial charge in [-0.25, -0.2) is 0 Å². The van der Waals surface area contributed by atoms with E-state index in [4.69, 9.17) is 10.2 Å². The Bertz CT molecular complexity index is 150. The number of aliphatic hydroxyl groups excluding tert-OH is 2. The van der Waals surface area contributed by atoms with Crippen LogP contribution in [0.5, 0.6) is 0 Å². The van der Waals surface area contributed by atoms with Gasteiger partial charge in [0.2, 0.25) is 0 Å². The zero-order valence-corrected chi connectivity index (χ0v) is 12.5. The summed E-state index contributed by atoms with van der Waals surface area (Å²) < 4.78 is 0. The van der Waals surface area contributed by atoms with Crippen LogP contribution in [-0.4, -0.2) is 56.3 Å². The average molecular weight is 330 g/mol. The van der Waals surface area contributed by atoms with Crippen LogP contribution < -0.4 is 22.5 Å². The van der Waals surface area contributed by atoms with Crippen LogP contribution in [0.25, 0.3) is 0 Å². The van der Waals surface area contributed by atoms with Crippen molar-refractivity contribution in [3.63, 3.8) is 0 Å². The van der Waals surface area contributed by atoms with Crippen LogP contribution in [-0.2, 0) is 31.3 Å². The molecule has 0 aromatic heterocycles. The Balaban J connectivity index is -0.0000000110. The predicted octanol–water partition coefficient (Wildman–Crippen LogP) is -3.72. The topological polar surface area (TPSA) is 314 Å². The molecule has 0 saturated carbocycles. The van der Waals surface area contributed by atoms with Crippen molar-refractivity contribution in [3.8, 4) is 0 Å². The van der Waals surface area contributed by atoms with Gasteiger partial charge in [0.05, 0.1) is 24.1 Å². The maximum atomic E-state index is 9.34. The minimum absolute atomic E-state index is 0. The third-order valence-corrected chi connectivity index (χ3v) is 0.682. The maximum absolute atomic E-state index is 9.34. The molecule has 0 bridgehead atoms. The number of carbonyl (C=O) groups excluding carboxylic acids is 2. The van der Waals surface area contributed by atoms with Crippen LogP contribution in [0.3, 0.4) is 0 Å². The van der Waals surface area contributed by atoms with E-state index in [0.717, 1.165) is 13.8 Å². The molecule has 0 heterocycles. The Morgan fingerprint density at radius 1 is 0.789 bits per heavy atom. The summed E-state index contributed by atoms with van der Waals surface area (Å²) in [4.78, 5) is 18.7. The molecular formula is C6H22N2O10Ti. The maximum Gasteiger partial charge on any atom is 4.00 e. The van der Waals surface area contributed by atoms with Crippen molar-refractivity contribution in [1.29, 1.82) is 0 Å².